The Morgan fingerprint density at radius 2 is 1.43 bits per heavy atom. The van der Waals surface area contributed by atoms with Crippen molar-refractivity contribution in [3.8, 4) is 0 Å². The quantitative estimate of drug-likeness (QED) is 0.913. The van der Waals surface area contributed by atoms with Gasteiger partial charge in [0.05, 0.1) is 6.04 Å². The van der Waals surface area contributed by atoms with Gasteiger partial charge >= 0.3 is 0 Å². The summed E-state index contributed by atoms with van der Waals surface area (Å²) in [7, 11) is 0. The molecule has 2 aromatic carbocycles. The van der Waals surface area contributed by atoms with Crippen LogP contribution in [0.4, 0.5) is 0 Å². The zero-order valence-corrected chi connectivity index (χ0v) is 12.0. The fourth-order valence-corrected chi connectivity index (χ4v) is 2.84. The van der Waals surface area contributed by atoms with Crippen molar-refractivity contribution in [1.82, 2.24) is 10.2 Å². The van der Waals surface area contributed by atoms with E-state index in [-0.39, 0.29) is 11.9 Å². The topological polar surface area (TPSA) is 32.3 Å². The Kier molecular flexibility index (Phi) is 4.31. The molecule has 2 aromatic rings. The maximum absolute atomic E-state index is 12.0. The Bertz CT molecular complexity index is 541. The van der Waals surface area contributed by atoms with E-state index in [0.717, 1.165) is 26.1 Å². The molecule has 1 saturated heterocycles. The number of carbonyl (C=O) groups is 1. The monoisotopic (exact) mass is 280 g/mol. The van der Waals surface area contributed by atoms with Gasteiger partial charge < -0.3 is 5.32 Å². The van der Waals surface area contributed by atoms with Crippen LogP contribution in [0.5, 0.6) is 0 Å². The molecule has 108 valence electrons. The molecule has 0 aliphatic carbocycles. The van der Waals surface area contributed by atoms with E-state index >= 15 is 0 Å². The molecule has 1 atom stereocenters. The average Bonchev–Trinajstić information content (AvgIpc) is 2.95. The van der Waals surface area contributed by atoms with Crippen LogP contribution in [0.2, 0.25) is 0 Å². The number of hydrogen-bond acceptors (Lipinski definition) is 2. The summed E-state index contributed by atoms with van der Waals surface area (Å²) in [5, 5.41) is 2.94. The van der Waals surface area contributed by atoms with E-state index in [4.69, 9.17) is 0 Å². The predicted molar refractivity (Wildman–Crippen MR) is 83.5 cm³/mol. The van der Waals surface area contributed by atoms with Crippen LogP contribution in [0.3, 0.4) is 0 Å². The van der Waals surface area contributed by atoms with Crippen LogP contribution in [0.15, 0.2) is 60.7 Å². The lowest BCUT2D eigenvalue weighted by atomic mass is 10.1. The van der Waals surface area contributed by atoms with Crippen LogP contribution in [-0.2, 0) is 17.9 Å². The molecule has 1 amide bonds. The lowest BCUT2D eigenvalue weighted by Gasteiger charge is -2.27. The van der Waals surface area contributed by atoms with Crippen molar-refractivity contribution >= 4 is 5.91 Å². The van der Waals surface area contributed by atoms with Crippen molar-refractivity contribution in [1.29, 1.82) is 0 Å². The van der Waals surface area contributed by atoms with Gasteiger partial charge in [-0.25, -0.2) is 0 Å². The summed E-state index contributed by atoms with van der Waals surface area (Å²) in [6, 6.07) is 20.7. The van der Waals surface area contributed by atoms with Gasteiger partial charge in [-0.3, -0.25) is 9.69 Å². The van der Waals surface area contributed by atoms with E-state index < -0.39 is 0 Å². The predicted octanol–water partition coefficient (Wildman–Crippen LogP) is 2.58. The highest BCUT2D eigenvalue weighted by Crippen LogP contribution is 2.17. The molecule has 3 heteroatoms. The van der Waals surface area contributed by atoms with E-state index in [1.54, 1.807) is 0 Å². The summed E-state index contributed by atoms with van der Waals surface area (Å²) < 4.78 is 0. The lowest BCUT2D eigenvalue weighted by molar-refractivity contribution is -0.124. The van der Waals surface area contributed by atoms with Crippen molar-refractivity contribution in [2.75, 3.05) is 6.54 Å². The molecule has 0 radical (unpaired) electrons. The maximum atomic E-state index is 12.0. The minimum absolute atomic E-state index is 0.0228. The normalized spacial score (nSPS) is 18.0. The first kappa shape index (κ1) is 13.8. The fraction of sp³-hybridized carbons (Fsp3) is 0.278. The Labute approximate surface area is 125 Å². The number of amides is 1. The van der Waals surface area contributed by atoms with Gasteiger partial charge in [0.1, 0.15) is 0 Å². The van der Waals surface area contributed by atoms with Gasteiger partial charge in [-0.2, -0.15) is 0 Å². The molecule has 0 aromatic heterocycles. The summed E-state index contributed by atoms with van der Waals surface area (Å²) in [5.41, 5.74) is 2.49. The van der Waals surface area contributed by atoms with Gasteiger partial charge in [0.25, 0.3) is 0 Å². The molecule has 3 rings (SSSR count). The molecule has 0 saturated carbocycles. The summed E-state index contributed by atoms with van der Waals surface area (Å²) in [6.45, 7) is 2.38. The Morgan fingerprint density at radius 3 is 1.86 bits per heavy atom. The molecule has 1 aliphatic rings. The van der Waals surface area contributed by atoms with Crippen LogP contribution in [0, 0.1) is 0 Å². The molecule has 21 heavy (non-hydrogen) atoms. The van der Waals surface area contributed by atoms with Crippen molar-refractivity contribution in [3.05, 3.63) is 71.8 Å². The first-order valence-electron chi connectivity index (χ1n) is 7.42. The van der Waals surface area contributed by atoms with Crippen molar-refractivity contribution < 1.29 is 4.79 Å². The molecule has 1 heterocycles. The number of rotatable bonds is 5. The van der Waals surface area contributed by atoms with Crippen LogP contribution < -0.4 is 5.32 Å². The highest BCUT2D eigenvalue weighted by Gasteiger charge is 2.30. The molecular weight excluding hydrogens is 260 g/mol. The number of benzene rings is 2. The van der Waals surface area contributed by atoms with Gasteiger partial charge in [0.2, 0.25) is 5.91 Å². The van der Waals surface area contributed by atoms with Crippen molar-refractivity contribution in [2.45, 2.75) is 25.6 Å². The van der Waals surface area contributed by atoms with Crippen molar-refractivity contribution in [3.63, 3.8) is 0 Å². The average molecular weight is 280 g/mol. The number of hydrogen-bond donors (Lipinski definition) is 1. The molecular formula is C18H20N2O. The molecule has 1 fully saturated rings. The standard InChI is InChI=1S/C18H20N2O/c21-18-17(11-12-19-18)20(13-15-7-3-1-4-8-15)14-16-9-5-2-6-10-16/h1-10,17H,11-14H2,(H,19,21)/t17-/m0/s1. The van der Waals surface area contributed by atoms with E-state index in [9.17, 15) is 4.79 Å². The minimum atomic E-state index is -0.0228. The van der Waals surface area contributed by atoms with Gasteiger partial charge in [-0.15, -0.1) is 0 Å². The first-order chi connectivity index (χ1) is 10.3. The van der Waals surface area contributed by atoms with E-state index in [1.807, 2.05) is 36.4 Å². The third-order valence-electron chi connectivity index (χ3n) is 3.92. The Morgan fingerprint density at radius 1 is 0.905 bits per heavy atom. The molecule has 0 unspecified atom stereocenters. The minimum Gasteiger partial charge on any atom is -0.355 e. The summed E-state index contributed by atoms with van der Waals surface area (Å²) in [4.78, 5) is 14.3. The SMILES string of the molecule is O=C1NCC[C@@H]1N(Cc1ccccc1)Cc1ccccc1. The maximum Gasteiger partial charge on any atom is 0.237 e. The van der Waals surface area contributed by atoms with E-state index in [2.05, 4.69) is 34.5 Å². The lowest BCUT2D eigenvalue weighted by Crippen LogP contribution is -2.39. The van der Waals surface area contributed by atoms with Gasteiger partial charge in [0, 0.05) is 19.6 Å². The molecule has 1 N–H and O–H groups in total. The summed E-state index contributed by atoms with van der Waals surface area (Å²) >= 11 is 0. The van der Waals surface area contributed by atoms with E-state index in [0.29, 0.717) is 0 Å². The first-order valence-corrected chi connectivity index (χ1v) is 7.42. The second-order valence-electron chi connectivity index (χ2n) is 5.47. The second kappa shape index (κ2) is 6.55. The second-order valence-corrected chi connectivity index (χ2v) is 5.47. The number of carbonyl (C=O) groups excluding carboxylic acids is 1. The molecule has 3 nitrogen and oxygen atoms in total. The van der Waals surface area contributed by atoms with Crippen LogP contribution >= 0.6 is 0 Å². The zero-order chi connectivity index (χ0) is 14.5. The smallest absolute Gasteiger partial charge is 0.237 e. The summed E-state index contributed by atoms with van der Waals surface area (Å²) in [5.74, 6) is 0.155. The highest BCUT2D eigenvalue weighted by atomic mass is 16.2. The van der Waals surface area contributed by atoms with E-state index in [1.165, 1.54) is 11.1 Å². The van der Waals surface area contributed by atoms with Gasteiger partial charge in [0.15, 0.2) is 0 Å². The number of nitrogens with one attached hydrogen (secondary N) is 1. The van der Waals surface area contributed by atoms with Gasteiger partial charge in [-0.1, -0.05) is 60.7 Å². The zero-order valence-electron chi connectivity index (χ0n) is 12.0. The number of nitrogens with zero attached hydrogens (tertiary/aromatic N) is 1. The Balaban J connectivity index is 1.79. The largest absolute Gasteiger partial charge is 0.355 e. The summed E-state index contributed by atoms with van der Waals surface area (Å²) in [6.07, 6.45) is 0.887. The molecule has 1 aliphatic heterocycles. The highest BCUT2D eigenvalue weighted by molar-refractivity contribution is 5.83. The van der Waals surface area contributed by atoms with Crippen molar-refractivity contribution in [2.24, 2.45) is 0 Å². The molecule has 0 spiro atoms. The Hall–Kier alpha value is -2.13. The third kappa shape index (κ3) is 3.50. The molecule has 0 bridgehead atoms. The van der Waals surface area contributed by atoms with Gasteiger partial charge in [-0.05, 0) is 17.5 Å². The van der Waals surface area contributed by atoms with Crippen LogP contribution in [0.25, 0.3) is 0 Å². The van der Waals surface area contributed by atoms with Crippen LogP contribution in [-0.4, -0.2) is 23.4 Å². The van der Waals surface area contributed by atoms with Crippen LogP contribution in [0.1, 0.15) is 17.5 Å². The fourth-order valence-electron chi connectivity index (χ4n) is 2.84. The third-order valence-corrected chi connectivity index (χ3v) is 3.92.